The average molecular weight is 281 g/mol. The van der Waals surface area contributed by atoms with Crippen LogP contribution >= 0.6 is 0 Å². The summed E-state index contributed by atoms with van der Waals surface area (Å²) in [5.41, 5.74) is 0.430. The molecular weight excluding hydrogens is 262 g/mol. The number of carbonyl (C=O) groups excluding carboxylic acids is 1. The van der Waals surface area contributed by atoms with E-state index in [9.17, 15) is 14.9 Å². The Bertz CT molecular complexity index is 539. The summed E-state index contributed by atoms with van der Waals surface area (Å²) in [7, 11) is 3.47. The predicted octanol–water partition coefficient (Wildman–Crippen LogP) is 0.695. The van der Waals surface area contributed by atoms with Crippen LogP contribution < -0.4 is 4.90 Å². The largest absolute Gasteiger partial charge is 0.352 e. The number of nitrogens with zero attached hydrogens (tertiary/aromatic N) is 5. The first kappa shape index (κ1) is 14.3. The van der Waals surface area contributed by atoms with Crippen molar-refractivity contribution in [1.29, 1.82) is 0 Å². The Hall–Kier alpha value is -2.12. The molecule has 1 aliphatic rings. The quantitative estimate of drug-likeness (QED) is 0.585. The molecule has 1 amide bonds. The Balaban J connectivity index is 2.11. The fourth-order valence-corrected chi connectivity index (χ4v) is 2.59. The molecule has 0 atom stereocenters. The van der Waals surface area contributed by atoms with Gasteiger partial charge in [-0.2, -0.15) is 5.10 Å². The molecule has 1 saturated heterocycles. The van der Waals surface area contributed by atoms with E-state index >= 15 is 0 Å². The second-order valence-corrected chi connectivity index (χ2v) is 5.04. The van der Waals surface area contributed by atoms with Gasteiger partial charge in [0, 0.05) is 40.2 Å². The number of likely N-dealkylation sites (tertiary alicyclic amines) is 1. The number of aryl methyl sites for hydroxylation is 2. The SMILES string of the molecule is Cc1nn(C)c(N(C)CCN2CCCC2=O)c1[N+](=O)[O-]. The second-order valence-electron chi connectivity index (χ2n) is 5.04. The van der Waals surface area contributed by atoms with Crippen molar-refractivity contribution in [1.82, 2.24) is 14.7 Å². The number of anilines is 1. The molecule has 2 rings (SSSR count). The van der Waals surface area contributed by atoms with Crippen LogP contribution in [-0.2, 0) is 11.8 Å². The molecule has 0 bridgehead atoms. The van der Waals surface area contributed by atoms with Crippen molar-refractivity contribution in [3.63, 3.8) is 0 Å². The molecule has 0 aromatic carbocycles. The lowest BCUT2D eigenvalue weighted by Gasteiger charge is -2.22. The summed E-state index contributed by atoms with van der Waals surface area (Å²) in [4.78, 5) is 25.9. The van der Waals surface area contributed by atoms with Gasteiger partial charge in [0.1, 0.15) is 5.69 Å². The van der Waals surface area contributed by atoms with E-state index < -0.39 is 4.92 Å². The third kappa shape index (κ3) is 2.59. The maximum atomic E-state index is 11.6. The number of nitro groups is 1. The highest BCUT2D eigenvalue weighted by atomic mass is 16.6. The number of likely N-dealkylation sites (N-methyl/N-ethyl adjacent to an activating group) is 1. The third-order valence-corrected chi connectivity index (χ3v) is 3.58. The van der Waals surface area contributed by atoms with Crippen LogP contribution in [0.15, 0.2) is 0 Å². The van der Waals surface area contributed by atoms with Gasteiger partial charge >= 0.3 is 5.69 Å². The first-order valence-corrected chi connectivity index (χ1v) is 6.58. The van der Waals surface area contributed by atoms with Crippen molar-refractivity contribution in [3.8, 4) is 0 Å². The van der Waals surface area contributed by atoms with E-state index in [1.165, 1.54) is 4.68 Å². The minimum absolute atomic E-state index is 0.0303. The monoisotopic (exact) mass is 281 g/mol. The van der Waals surface area contributed by atoms with Crippen LogP contribution in [0.3, 0.4) is 0 Å². The number of carbonyl (C=O) groups is 1. The standard InChI is InChI=1S/C12H19N5O3/c1-9-11(17(19)20)12(15(3)13-9)14(2)7-8-16-6-4-5-10(16)18/h4-8H2,1-3H3. The van der Waals surface area contributed by atoms with E-state index in [2.05, 4.69) is 5.10 Å². The molecule has 1 aromatic rings. The Morgan fingerprint density at radius 1 is 1.50 bits per heavy atom. The normalized spacial score (nSPS) is 14.9. The summed E-state index contributed by atoms with van der Waals surface area (Å²) in [5, 5.41) is 15.2. The summed E-state index contributed by atoms with van der Waals surface area (Å²) in [6.45, 7) is 3.53. The van der Waals surface area contributed by atoms with Gasteiger partial charge in [0.05, 0.1) is 4.92 Å². The minimum atomic E-state index is -0.408. The zero-order valence-electron chi connectivity index (χ0n) is 12.0. The van der Waals surface area contributed by atoms with Crippen molar-refractivity contribution in [2.45, 2.75) is 19.8 Å². The van der Waals surface area contributed by atoms with Gasteiger partial charge in [-0.3, -0.25) is 14.9 Å². The summed E-state index contributed by atoms with van der Waals surface area (Å²) < 4.78 is 1.51. The molecule has 110 valence electrons. The number of amides is 1. The average Bonchev–Trinajstić information content (AvgIpc) is 2.89. The molecule has 0 radical (unpaired) electrons. The Labute approximate surface area is 117 Å². The van der Waals surface area contributed by atoms with Gasteiger partial charge in [0.15, 0.2) is 0 Å². The molecule has 8 nitrogen and oxygen atoms in total. The van der Waals surface area contributed by atoms with Crippen molar-refractivity contribution in [3.05, 3.63) is 15.8 Å². The molecule has 8 heteroatoms. The lowest BCUT2D eigenvalue weighted by atomic mass is 10.3. The highest BCUT2D eigenvalue weighted by molar-refractivity contribution is 5.78. The molecule has 1 fully saturated rings. The lowest BCUT2D eigenvalue weighted by molar-refractivity contribution is -0.384. The molecule has 0 N–H and O–H groups in total. The second kappa shape index (κ2) is 5.48. The van der Waals surface area contributed by atoms with Crippen LogP contribution in [0.25, 0.3) is 0 Å². The van der Waals surface area contributed by atoms with Gasteiger partial charge in [0.25, 0.3) is 0 Å². The first-order valence-electron chi connectivity index (χ1n) is 6.58. The zero-order valence-corrected chi connectivity index (χ0v) is 12.0. The molecule has 2 heterocycles. The van der Waals surface area contributed by atoms with Crippen LogP contribution in [0.2, 0.25) is 0 Å². The summed E-state index contributed by atoms with van der Waals surface area (Å²) in [6, 6.07) is 0. The predicted molar refractivity (Wildman–Crippen MR) is 73.7 cm³/mol. The van der Waals surface area contributed by atoms with E-state index in [0.29, 0.717) is 31.0 Å². The maximum Gasteiger partial charge on any atom is 0.333 e. The van der Waals surface area contributed by atoms with Crippen molar-refractivity contribution >= 4 is 17.4 Å². The van der Waals surface area contributed by atoms with Crippen molar-refractivity contribution < 1.29 is 9.72 Å². The van der Waals surface area contributed by atoms with Gasteiger partial charge in [-0.25, -0.2) is 4.68 Å². The molecule has 1 aromatic heterocycles. The molecule has 0 spiro atoms. The van der Waals surface area contributed by atoms with Gasteiger partial charge in [-0.05, 0) is 13.3 Å². The number of hydrogen-bond acceptors (Lipinski definition) is 5. The Kier molecular flexibility index (Phi) is 3.91. The fourth-order valence-electron chi connectivity index (χ4n) is 2.59. The van der Waals surface area contributed by atoms with E-state index in [-0.39, 0.29) is 11.6 Å². The molecule has 1 aliphatic heterocycles. The highest BCUT2D eigenvalue weighted by Crippen LogP contribution is 2.29. The topological polar surface area (TPSA) is 84.5 Å². The third-order valence-electron chi connectivity index (χ3n) is 3.58. The van der Waals surface area contributed by atoms with Gasteiger partial charge in [0.2, 0.25) is 11.7 Å². The fraction of sp³-hybridized carbons (Fsp3) is 0.667. The number of hydrogen-bond donors (Lipinski definition) is 0. The first-order chi connectivity index (χ1) is 9.41. The van der Waals surface area contributed by atoms with Crippen LogP contribution in [0.5, 0.6) is 0 Å². The van der Waals surface area contributed by atoms with Crippen LogP contribution in [0, 0.1) is 17.0 Å². The van der Waals surface area contributed by atoms with Crippen LogP contribution in [0.1, 0.15) is 18.5 Å². The van der Waals surface area contributed by atoms with E-state index in [1.807, 2.05) is 0 Å². The van der Waals surface area contributed by atoms with Gasteiger partial charge in [-0.1, -0.05) is 0 Å². The van der Waals surface area contributed by atoms with Crippen molar-refractivity contribution in [2.75, 3.05) is 31.6 Å². The lowest BCUT2D eigenvalue weighted by Crippen LogP contribution is -2.34. The summed E-state index contributed by atoms with van der Waals surface area (Å²) in [6.07, 6.45) is 1.50. The smallest absolute Gasteiger partial charge is 0.333 e. The molecule has 0 unspecified atom stereocenters. The van der Waals surface area contributed by atoms with Crippen molar-refractivity contribution in [2.24, 2.45) is 7.05 Å². The highest BCUT2D eigenvalue weighted by Gasteiger charge is 2.27. The van der Waals surface area contributed by atoms with E-state index in [0.717, 1.165) is 13.0 Å². The van der Waals surface area contributed by atoms with Crippen LogP contribution in [-0.4, -0.2) is 52.2 Å². The van der Waals surface area contributed by atoms with E-state index in [1.54, 1.807) is 30.8 Å². The molecule has 20 heavy (non-hydrogen) atoms. The minimum Gasteiger partial charge on any atom is -0.352 e. The molecule has 0 aliphatic carbocycles. The Morgan fingerprint density at radius 2 is 2.20 bits per heavy atom. The van der Waals surface area contributed by atoms with Crippen LogP contribution in [0.4, 0.5) is 11.5 Å². The number of rotatable bonds is 5. The summed E-state index contributed by atoms with van der Waals surface area (Å²) >= 11 is 0. The summed E-state index contributed by atoms with van der Waals surface area (Å²) in [5.74, 6) is 0.633. The zero-order chi connectivity index (χ0) is 14.9. The van der Waals surface area contributed by atoms with Gasteiger partial charge in [-0.15, -0.1) is 0 Å². The number of aromatic nitrogens is 2. The molecular formula is C12H19N5O3. The Morgan fingerprint density at radius 3 is 2.75 bits per heavy atom. The maximum absolute atomic E-state index is 11.6. The van der Waals surface area contributed by atoms with Gasteiger partial charge < -0.3 is 9.80 Å². The molecule has 0 saturated carbocycles. The van der Waals surface area contributed by atoms with E-state index in [4.69, 9.17) is 0 Å².